The van der Waals surface area contributed by atoms with Crippen LogP contribution in [0.4, 0.5) is 0 Å². The summed E-state index contributed by atoms with van der Waals surface area (Å²) in [5.41, 5.74) is 1.23. The van der Waals surface area contributed by atoms with Gasteiger partial charge in [-0.2, -0.15) is 9.40 Å². The van der Waals surface area contributed by atoms with E-state index in [1.165, 1.54) is 10.6 Å². The fourth-order valence-corrected chi connectivity index (χ4v) is 5.84. The average molecular weight is 425 g/mol. The van der Waals surface area contributed by atoms with Crippen LogP contribution in [0.2, 0.25) is 0 Å². The predicted octanol–water partition coefficient (Wildman–Crippen LogP) is 0.592. The lowest BCUT2D eigenvalue weighted by Crippen LogP contribution is -2.47. The quantitative estimate of drug-likeness (QED) is 0.717. The lowest BCUT2D eigenvalue weighted by atomic mass is 9.90. The number of nitrogens with zero attached hydrogens (tertiary/aromatic N) is 3. The smallest absolute Gasteiger partial charge is 0.267 e. The number of aromatic nitrogens is 2. The molecule has 8 nitrogen and oxygen atoms in total. The Morgan fingerprint density at radius 1 is 1.24 bits per heavy atom. The summed E-state index contributed by atoms with van der Waals surface area (Å²) < 4.78 is 26.4. The zero-order valence-corrected chi connectivity index (χ0v) is 18.0. The van der Waals surface area contributed by atoms with Gasteiger partial charge in [-0.1, -0.05) is 0 Å². The molecule has 2 heterocycles. The van der Waals surface area contributed by atoms with Crippen LogP contribution in [0, 0.1) is 0 Å². The van der Waals surface area contributed by atoms with Gasteiger partial charge in [0.2, 0.25) is 10.0 Å². The third-order valence-electron chi connectivity index (χ3n) is 6.76. The molecule has 2 aliphatic carbocycles. The number of fused-ring (bicyclic) bond motifs is 1. The maximum Gasteiger partial charge on any atom is 0.267 e. The number of hydrogen-bond donors (Lipinski definition) is 2. The second kappa shape index (κ2) is 8.09. The maximum atomic E-state index is 12.5. The Morgan fingerprint density at radius 3 is 2.66 bits per heavy atom. The first-order valence-electron chi connectivity index (χ1n) is 10.8. The van der Waals surface area contributed by atoms with Gasteiger partial charge in [0.05, 0.1) is 23.6 Å². The minimum atomic E-state index is -3.26. The van der Waals surface area contributed by atoms with E-state index in [2.05, 4.69) is 5.32 Å². The Kier molecular flexibility index (Phi) is 5.85. The van der Waals surface area contributed by atoms with Gasteiger partial charge in [0.1, 0.15) is 0 Å². The van der Waals surface area contributed by atoms with Crippen molar-refractivity contribution in [3.05, 3.63) is 27.7 Å². The highest BCUT2D eigenvalue weighted by atomic mass is 32.2. The van der Waals surface area contributed by atoms with E-state index in [-0.39, 0.29) is 24.2 Å². The third-order valence-corrected chi connectivity index (χ3v) is 8.01. The van der Waals surface area contributed by atoms with Crippen molar-refractivity contribution in [3.8, 4) is 0 Å². The molecule has 1 saturated heterocycles. The van der Waals surface area contributed by atoms with E-state index in [1.54, 1.807) is 10.7 Å². The van der Waals surface area contributed by atoms with Crippen molar-refractivity contribution in [1.29, 1.82) is 0 Å². The predicted molar refractivity (Wildman–Crippen MR) is 110 cm³/mol. The first kappa shape index (κ1) is 21.0. The minimum absolute atomic E-state index is 0.0168. The highest BCUT2D eigenvalue weighted by Crippen LogP contribution is 2.29. The van der Waals surface area contributed by atoms with Gasteiger partial charge in [0.25, 0.3) is 5.56 Å². The van der Waals surface area contributed by atoms with Crippen molar-refractivity contribution in [2.75, 3.05) is 25.9 Å². The van der Waals surface area contributed by atoms with Gasteiger partial charge in [0, 0.05) is 31.7 Å². The molecule has 162 valence electrons. The second-order valence-corrected chi connectivity index (χ2v) is 11.0. The van der Waals surface area contributed by atoms with Gasteiger partial charge < -0.3 is 10.4 Å². The molecule has 0 bridgehead atoms. The van der Waals surface area contributed by atoms with Gasteiger partial charge >= 0.3 is 0 Å². The molecule has 2 fully saturated rings. The van der Waals surface area contributed by atoms with Gasteiger partial charge in [-0.05, 0) is 63.4 Å². The van der Waals surface area contributed by atoms with E-state index >= 15 is 0 Å². The lowest BCUT2D eigenvalue weighted by Gasteiger charge is -2.32. The standard InChI is InChI=1S/C20H32N4O4S/c1-29(27,28)23-11-10-20(26,14-23)13-21-16-6-8-17(9-7-16)24-19(25)12-15-4-2-3-5-18(15)22-24/h12,16-17,21,26H,2-11,13-14H2,1H3. The van der Waals surface area contributed by atoms with E-state index in [9.17, 15) is 18.3 Å². The van der Waals surface area contributed by atoms with E-state index in [1.807, 2.05) is 0 Å². The Bertz CT molecular complexity index is 908. The van der Waals surface area contributed by atoms with Crippen molar-refractivity contribution in [3.63, 3.8) is 0 Å². The maximum absolute atomic E-state index is 12.5. The van der Waals surface area contributed by atoms with Crippen LogP contribution in [-0.2, 0) is 22.9 Å². The first-order valence-corrected chi connectivity index (χ1v) is 12.6. The molecule has 0 aromatic carbocycles. The molecule has 1 atom stereocenters. The summed E-state index contributed by atoms with van der Waals surface area (Å²) in [7, 11) is -3.26. The van der Waals surface area contributed by atoms with E-state index in [0.717, 1.165) is 62.6 Å². The van der Waals surface area contributed by atoms with Crippen LogP contribution in [0.5, 0.6) is 0 Å². The molecule has 2 N–H and O–H groups in total. The van der Waals surface area contributed by atoms with Crippen molar-refractivity contribution < 1.29 is 13.5 Å². The lowest BCUT2D eigenvalue weighted by molar-refractivity contribution is 0.0505. The number of nitrogens with one attached hydrogen (secondary N) is 1. The van der Waals surface area contributed by atoms with Crippen LogP contribution < -0.4 is 10.9 Å². The van der Waals surface area contributed by atoms with Gasteiger partial charge in [-0.3, -0.25) is 4.79 Å². The Hall–Kier alpha value is -1.29. The Labute approximate surface area is 172 Å². The molecule has 29 heavy (non-hydrogen) atoms. The monoisotopic (exact) mass is 424 g/mol. The molecule has 3 aliphatic rings. The Morgan fingerprint density at radius 2 is 1.97 bits per heavy atom. The summed E-state index contributed by atoms with van der Waals surface area (Å²) in [6.45, 7) is 0.921. The topological polar surface area (TPSA) is 105 Å². The molecular weight excluding hydrogens is 392 g/mol. The summed E-state index contributed by atoms with van der Waals surface area (Å²) >= 11 is 0. The molecule has 1 saturated carbocycles. The highest BCUT2D eigenvalue weighted by Gasteiger charge is 2.40. The van der Waals surface area contributed by atoms with E-state index in [4.69, 9.17) is 5.10 Å². The zero-order chi connectivity index (χ0) is 20.6. The SMILES string of the molecule is CS(=O)(=O)N1CCC(O)(CNC2CCC(n3nc4c(cc3=O)CCCC4)CC2)C1. The summed E-state index contributed by atoms with van der Waals surface area (Å²) in [6, 6.07) is 2.20. The van der Waals surface area contributed by atoms with E-state index < -0.39 is 15.6 Å². The second-order valence-electron chi connectivity index (χ2n) is 9.06. The molecule has 0 amide bonds. The van der Waals surface area contributed by atoms with Crippen molar-refractivity contribution >= 4 is 10.0 Å². The molecule has 9 heteroatoms. The fourth-order valence-electron chi connectivity index (χ4n) is 4.94. The number of aliphatic hydroxyl groups is 1. The highest BCUT2D eigenvalue weighted by molar-refractivity contribution is 7.88. The number of sulfonamides is 1. The molecule has 0 radical (unpaired) electrons. The van der Waals surface area contributed by atoms with Crippen molar-refractivity contribution in [1.82, 2.24) is 19.4 Å². The minimum Gasteiger partial charge on any atom is -0.387 e. The van der Waals surface area contributed by atoms with E-state index in [0.29, 0.717) is 19.5 Å². The molecular formula is C20H32N4O4S. The summed E-state index contributed by atoms with van der Waals surface area (Å²) in [4.78, 5) is 12.5. The van der Waals surface area contributed by atoms with Crippen molar-refractivity contribution in [2.45, 2.75) is 75.5 Å². The third kappa shape index (κ3) is 4.73. The number of hydrogen-bond acceptors (Lipinski definition) is 6. The van der Waals surface area contributed by atoms with Crippen LogP contribution in [-0.4, -0.2) is 65.1 Å². The van der Waals surface area contributed by atoms with Crippen LogP contribution in [0.1, 0.15) is 62.2 Å². The number of aryl methyl sites for hydroxylation is 2. The largest absolute Gasteiger partial charge is 0.387 e. The number of β-amino-alcohol motifs (C(OH)–C–C–N with tert-alkyl or cyclic N) is 1. The van der Waals surface area contributed by atoms with Crippen LogP contribution in [0.25, 0.3) is 0 Å². The average Bonchev–Trinajstić information content (AvgIpc) is 3.09. The van der Waals surface area contributed by atoms with Gasteiger partial charge in [0.15, 0.2) is 0 Å². The number of rotatable bonds is 5. The molecule has 0 spiro atoms. The zero-order valence-electron chi connectivity index (χ0n) is 17.1. The first-order chi connectivity index (χ1) is 13.7. The molecule has 1 unspecified atom stereocenters. The fraction of sp³-hybridized carbons (Fsp3) is 0.800. The van der Waals surface area contributed by atoms with Crippen LogP contribution >= 0.6 is 0 Å². The van der Waals surface area contributed by atoms with Crippen LogP contribution in [0.15, 0.2) is 10.9 Å². The summed E-state index contributed by atoms with van der Waals surface area (Å²) in [6.07, 6.45) is 9.47. The molecule has 4 rings (SSSR count). The normalized spacial score (nSPS) is 31.0. The van der Waals surface area contributed by atoms with Crippen molar-refractivity contribution in [2.24, 2.45) is 0 Å². The van der Waals surface area contributed by atoms with Crippen LogP contribution in [0.3, 0.4) is 0 Å². The summed E-state index contributed by atoms with van der Waals surface area (Å²) in [5, 5.41) is 18.8. The van der Waals surface area contributed by atoms with Gasteiger partial charge in [-0.15, -0.1) is 0 Å². The molecule has 1 aliphatic heterocycles. The van der Waals surface area contributed by atoms with Gasteiger partial charge in [-0.25, -0.2) is 13.1 Å². The Balaban J connectivity index is 1.31. The summed E-state index contributed by atoms with van der Waals surface area (Å²) in [5.74, 6) is 0. The molecule has 1 aromatic rings. The molecule has 1 aromatic heterocycles.